The Balaban J connectivity index is 1.58. The number of aryl methyl sites for hydroxylation is 4. The van der Waals surface area contributed by atoms with Crippen LogP contribution in [-0.2, 0) is 32.6 Å². The molecule has 1 aliphatic carbocycles. The summed E-state index contributed by atoms with van der Waals surface area (Å²) in [5.41, 5.74) is 6.05. The number of amides is 2. The lowest BCUT2D eigenvalue weighted by molar-refractivity contribution is -0.140. The van der Waals surface area contributed by atoms with E-state index in [9.17, 15) is 18.0 Å². The predicted molar refractivity (Wildman–Crippen MR) is 188 cm³/mol. The van der Waals surface area contributed by atoms with Crippen LogP contribution in [0.3, 0.4) is 0 Å². The maximum Gasteiger partial charge on any atom is 0.264 e. The molecular formula is C39H45N3O4S. The van der Waals surface area contributed by atoms with Crippen molar-refractivity contribution in [2.45, 2.75) is 83.3 Å². The van der Waals surface area contributed by atoms with Gasteiger partial charge >= 0.3 is 0 Å². The summed E-state index contributed by atoms with van der Waals surface area (Å²) in [6.07, 6.45) is 4.23. The van der Waals surface area contributed by atoms with Gasteiger partial charge < -0.3 is 10.2 Å². The van der Waals surface area contributed by atoms with E-state index in [1.807, 2.05) is 88.4 Å². The van der Waals surface area contributed by atoms with Crippen molar-refractivity contribution in [3.05, 3.63) is 130 Å². The van der Waals surface area contributed by atoms with E-state index in [0.29, 0.717) is 12.1 Å². The molecule has 0 radical (unpaired) electrons. The van der Waals surface area contributed by atoms with Gasteiger partial charge in [0.25, 0.3) is 10.0 Å². The van der Waals surface area contributed by atoms with E-state index in [1.165, 1.54) is 4.31 Å². The van der Waals surface area contributed by atoms with E-state index < -0.39 is 28.5 Å². The number of carbonyl (C=O) groups excluding carboxylic acids is 2. The average Bonchev–Trinajstić information content (AvgIpc) is 3.57. The summed E-state index contributed by atoms with van der Waals surface area (Å²) in [4.78, 5) is 30.6. The molecule has 1 aliphatic rings. The zero-order valence-electron chi connectivity index (χ0n) is 27.8. The third-order valence-electron chi connectivity index (χ3n) is 9.24. The topological polar surface area (TPSA) is 86.8 Å². The fourth-order valence-electron chi connectivity index (χ4n) is 6.14. The molecule has 2 amide bonds. The number of nitrogens with one attached hydrogen (secondary N) is 1. The largest absolute Gasteiger partial charge is 0.352 e. The molecular weight excluding hydrogens is 607 g/mol. The Hall–Kier alpha value is -4.43. The minimum absolute atomic E-state index is 0.0603. The molecule has 0 heterocycles. The van der Waals surface area contributed by atoms with Crippen molar-refractivity contribution in [1.29, 1.82) is 0 Å². The normalized spacial score (nSPS) is 14.0. The first-order valence-corrected chi connectivity index (χ1v) is 17.8. The van der Waals surface area contributed by atoms with Crippen LogP contribution in [-0.4, -0.2) is 43.8 Å². The van der Waals surface area contributed by atoms with E-state index in [-0.39, 0.29) is 23.4 Å². The number of carbonyl (C=O) groups is 2. The van der Waals surface area contributed by atoms with Crippen LogP contribution in [0.15, 0.2) is 102 Å². The Labute approximate surface area is 279 Å². The fourth-order valence-corrected chi connectivity index (χ4v) is 7.55. The third kappa shape index (κ3) is 8.30. The second-order valence-electron chi connectivity index (χ2n) is 12.7. The number of nitrogens with zero attached hydrogens (tertiary/aromatic N) is 2. The standard InChI is InChI=1S/C39H45N3O4S/c1-28-18-22-36(23-19-28)47(45,46)42(35-21-20-29(2)31(4)24-35)27-38(43)41(26-33-15-9-8-12-30(33)3)37(25-32-13-6-5-7-14-32)39(44)40-34-16-10-11-17-34/h5-9,12-15,18-24,34,37H,10-11,16-17,25-27H2,1-4H3,(H,40,44). The van der Waals surface area contributed by atoms with Gasteiger partial charge in [0.05, 0.1) is 10.6 Å². The van der Waals surface area contributed by atoms with Gasteiger partial charge in [0, 0.05) is 19.0 Å². The van der Waals surface area contributed by atoms with Gasteiger partial charge in [0.2, 0.25) is 11.8 Å². The molecule has 8 heteroatoms. The third-order valence-corrected chi connectivity index (χ3v) is 11.0. The highest BCUT2D eigenvalue weighted by Crippen LogP contribution is 2.28. The fraction of sp³-hybridized carbons (Fsp3) is 0.333. The van der Waals surface area contributed by atoms with Crippen LogP contribution in [0.5, 0.6) is 0 Å². The highest BCUT2D eigenvalue weighted by molar-refractivity contribution is 7.92. The van der Waals surface area contributed by atoms with Gasteiger partial charge in [-0.1, -0.05) is 91.2 Å². The molecule has 0 bridgehead atoms. The number of hydrogen-bond donors (Lipinski definition) is 1. The van der Waals surface area contributed by atoms with Gasteiger partial charge in [0.1, 0.15) is 12.6 Å². The van der Waals surface area contributed by atoms with Crippen molar-refractivity contribution < 1.29 is 18.0 Å². The Bertz CT molecular complexity index is 1800. The first kappa shape index (κ1) is 33.9. The zero-order chi connectivity index (χ0) is 33.6. The van der Waals surface area contributed by atoms with Crippen LogP contribution in [0, 0.1) is 27.7 Å². The maximum atomic E-state index is 14.7. The highest BCUT2D eigenvalue weighted by Gasteiger charge is 2.35. The smallest absolute Gasteiger partial charge is 0.264 e. The van der Waals surface area contributed by atoms with Crippen LogP contribution in [0.4, 0.5) is 5.69 Å². The van der Waals surface area contributed by atoms with E-state index in [0.717, 1.165) is 59.1 Å². The first-order chi connectivity index (χ1) is 22.5. The molecule has 1 unspecified atom stereocenters. The summed E-state index contributed by atoms with van der Waals surface area (Å²) in [5, 5.41) is 3.23. The van der Waals surface area contributed by atoms with Crippen LogP contribution >= 0.6 is 0 Å². The monoisotopic (exact) mass is 651 g/mol. The van der Waals surface area contributed by atoms with Gasteiger partial charge in [0.15, 0.2) is 0 Å². The summed E-state index contributed by atoms with van der Waals surface area (Å²) in [6, 6.07) is 28.7. The molecule has 4 aromatic carbocycles. The maximum absolute atomic E-state index is 14.7. The lowest BCUT2D eigenvalue weighted by atomic mass is 10.0. The summed E-state index contributed by atoms with van der Waals surface area (Å²) >= 11 is 0. The molecule has 246 valence electrons. The van der Waals surface area contributed by atoms with Gasteiger partial charge in [-0.2, -0.15) is 0 Å². The zero-order valence-corrected chi connectivity index (χ0v) is 28.6. The molecule has 1 N–H and O–H groups in total. The van der Waals surface area contributed by atoms with Crippen LogP contribution in [0.25, 0.3) is 0 Å². The van der Waals surface area contributed by atoms with Crippen molar-refractivity contribution in [1.82, 2.24) is 10.2 Å². The summed E-state index contributed by atoms with van der Waals surface area (Å²) < 4.78 is 29.8. The summed E-state index contributed by atoms with van der Waals surface area (Å²) in [5.74, 6) is -0.675. The SMILES string of the molecule is Cc1ccc(S(=O)(=O)N(CC(=O)N(Cc2ccccc2C)C(Cc2ccccc2)C(=O)NC2CCCC2)c2ccc(C)c(C)c2)cc1. The average molecular weight is 652 g/mol. The van der Waals surface area contributed by atoms with Gasteiger partial charge in [-0.25, -0.2) is 8.42 Å². The second-order valence-corrected chi connectivity index (χ2v) is 14.6. The molecule has 0 spiro atoms. The van der Waals surface area contributed by atoms with Crippen LogP contribution in [0.2, 0.25) is 0 Å². The van der Waals surface area contributed by atoms with Crippen molar-refractivity contribution >= 4 is 27.5 Å². The van der Waals surface area contributed by atoms with Crippen LogP contribution in [0.1, 0.15) is 59.1 Å². The Kier molecular flexibility index (Phi) is 10.8. The second kappa shape index (κ2) is 15.0. The number of rotatable bonds is 12. The number of hydrogen-bond acceptors (Lipinski definition) is 4. The highest BCUT2D eigenvalue weighted by atomic mass is 32.2. The van der Waals surface area contributed by atoms with Crippen molar-refractivity contribution in [2.24, 2.45) is 0 Å². The molecule has 4 aromatic rings. The lowest BCUT2D eigenvalue weighted by Crippen LogP contribution is -2.54. The molecule has 7 nitrogen and oxygen atoms in total. The molecule has 1 saturated carbocycles. The van der Waals surface area contributed by atoms with E-state index in [4.69, 9.17) is 0 Å². The molecule has 1 fully saturated rings. The number of benzene rings is 4. The first-order valence-electron chi connectivity index (χ1n) is 16.4. The molecule has 0 saturated heterocycles. The van der Waals surface area contributed by atoms with E-state index >= 15 is 0 Å². The molecule has 1 atom stereocenters. The van der Waals surface area contributed by atoms with Gasteiger partial charge in [-0.15, -0.1) is 0 Å². The van der Waals surface area contributed by atoms with Crippen LogP contribution < -0.4 is 9.62 Å². The minimum atomic E-state index is -4.15. The number of sulfonamides is 1. The Morgan fingerprint density at radius 1 is 0.787 bits per heavy atom. The Morgan fingerprint density at radius 2 is 1.45 bits per heavy atom. The lowest BCUT2D eigenvalue weighted by Gasteiger charge is -2.34. The van der Waals surface area contributed by atoms with E-state index in [1.54, 1.807) is 41.3 Å². The van der Waals surface area contributed by atoms with Crippen molar-refractivity contribution in [3.63, 3.8) is 0 Å². The number of anilines is 1. The van der Waals surface area contributed by atoms with Gasteiger partial charge in [-0.3, -0.25) is 13.9 Å². The summed E-state index contributed by atoms with van der Waals surface area (Å²) in [6.45, 7) is 7.45. The molecule has 0 aromatic heterocycles. The summed E-state index contributed by atoms with van der Waals surface area (Å²) in [7, 11) is -4.15. The quantitative estimate of drug-likeness (QED) is 0.182. The predicted octanol–water partition coefficient (Wildman–Crippen LogP) is 6.81. The molecule has 47 heavy (non-hydrogen) atoms. The molecule has 5 rings (SSSR count). The van der Waals surface area contributed by atoms with Crippen molar-refractivity contribution in [3.8, 4) is 0 Å². The van der Waals surface area contributed by atoms with Crippen molar-refractivity contribution in [2.75, 3.05) is 10.8 Å². The van der Waals surface area contributed by atoms with E-state index in [2.05, 4.69) is 5.32 Å². The molecule has 0 aliphatic heterocycles. The Morgan fingerprint density at radius 3 is 2.11 bits per heavy atom. The van der Waals surface area contributed by atoms with Gasteiger partial charge in [-0.05, 0) is 92.6 Å². The minimum Gasteiger partial charge on any atom is -0.352 e.